The highest BCUT2D eigenvalue weighted by Crippen LogP contribution is 2.33. The van der Waals surface area contributed by atoms with Gasteiger partial charge in [0.25, 0.3) is 11.8 Å². The Morgan fingerprint density at radius 1 is 0.706 bits per heavy atom. The maximum atomic E-state index is 13.0. The molecule has 0 spiro atoms. The zero-order valence-electron chi connectivity index (χ0n) is 31.8. The van der Waals surface area contributed by atoms with Crippen molar-refractivity contribution in [3.8, 4) is 0 Å². The fourth-order valence-electron chi connectivity index (χ4n) is 6.81. The molecular formula is C40H61ClN4O6. The second-order valence-electron chi connectivity index (χ2n) is 13.7. The lowest BCUT2D eigenvalue weighted by atomic mass is 9.79. The van der Waals surface area contributed by atoms with Crippen molar-refractivity contribution in [3.05, 3.63) is 71.8 Å². The first-order chi connectivity index (χ1) is 24.3. The summed E-state index contributed by atoms with van der Waals surface area (Å²) in [6, 6.07) is 20.1. The minimum atomic E-state index is -0.435. The summed E-state index contributed by atoms with van der Waals surface area (Å²) in [5, 5.41) is 2.51. The molecule has 0 radical (unpaired) electrons. The molecule has 10 nitrogen and oxygen atoms in total. The monoisotopic (exact) mass is 728 g/mol. The van der Waals surface area contributed by atoms with Gasteiger partial charge in [0.05, 0.1) is 19.3 Å². The number of likely N-dealkylation sites (tertiary alicyclic amines) is 2. The number of piperidine rings is 2. The molecule has 0 aliphatic carbocycles. The standard InChI is InChI=1S/C20H30N2O3.C18H28N2O2.C2H3ClO/c1-5-11-22-18(12-21-16(4)23)14(2)15(3)19(20(22)24)25-13-17-9-7-6-8-10-17;1-4-10-20-16(11-19)13(2)14(3)17(18(20)21)22-12-15-8-6-5-7-9-15;1-2(3)4/h6-10,14-15,18-19H,5,11-13H2,1-4H3,(H,21,23);5-9,13-14,16-17H,4,10-12,19H2,1-3H3;1H3. The predicted octanol–water partition coefficient (Wildman–Crippen LogP) is 5.80. The summed E-state index contributed by atoms with van der Waals surface area (Å²) in [4.78, 5) is 50.2. The molecule has 2 aliphatic rings. The van der Waals surface area contributed by atoms with E-state index in [0.717, 1.165) is 30.5 Å². The molecule has 8 unspecified atom stereocenters. The number of benzene rings is 2. The molecular weight excluding hydrogens is 668 g/mol. The lowest BCUT2D eigenvalue weighted by Gasteiger charge is -2.46. The van der Waals surface area contributed by atoms with Crippen LogP contribution in [0.2, 0.25) is 0 Å². The Balaban J connectivity index is 0.000000322. The van der Waals surface area contributed by atoms with Gasteiger partial charge in [0.2, 0.25) is 11.1 Å². The summed E-state index contributed by atoms with van der Waals surface area (Å²) >= 11 is 4.64. The number of hydrogen-bond donors (Lipinski definition) is 2. The van der Waals surface area contributed by atoms with E-state index >= 15 is 0 Å². The average molecular weight is 729 g/mol. The highest BCUT2D eigenvalue weighted by molar-refractivity contribution is 6.62. The number of ether oxygens (including phenoxy) is 2. The molecule has 0 saturated carbocycles. The van der Waals surface area contributed by atoms with Gasteiger partial charge in [-0.25, -0.2) is 0 Å². The first kappa shape index (κ1) is 43.9. The van der Waals surface area contributed by atoms with Crippen LogP contribution in [-0.4, -0.2) is 83.2 Å². The first-order valence-corrected chi connectivity index (χ1v) is 18.7. The SMILES string of the molecule is CC(=O)Cl.CCCN1C(=O)C(OCc2ccccc2)C(C)C(C)C1CN.CCCN1C(=O)C(OCc2ccccc2)C(C)C(C)C1CNC(C)=O. The molecule has 0 bridgehead atoms. The van der Waals surface area contributed by atoms with Gasteiger partial charge in [-0.15, -0.1) is 0 Å². The first-order valence-electron chi connectivity index (χ1n) is 18.3. The van der Waals surface area contributed by atoms with Crippen LogP contribution in [0.4, 0.5) is 0 Å². The van der Waals surface area contributed by atoms with E-state index in [9.17, 15) is 19.2 Å². The Morgan fingerprint density at radius 3 is 1.43 bits per heavy atom. The van der Waals surface area contributed by atoms with E-state index in [1.165, 1.54) is 13.8 Å². The quantitative estimate of drug-likeness (QED) is 0.250. The molecule has 11 heteroatoms. The Kier molecular flexibility index (Phi) is 19.4. The lowest BCUT2D eigenvalue weighted by Crippen LogP contribution is -2.61. The van der Waals surface area contributed by atoms with Gasteiger partial charge in [-0.3, -0.25) is 19.2 Å². The van der Waals surface area contributed by atoms with Crippen molar-refractivity contribution in [1.29, 1.82) is 0 Å². The van der Waals surface area contributed by atoms with Gasteiger partial charge in [-0.1, -0.05) is 102 Å². The minimum absolute atomic E-state index is 0.0166. The normalized spacial score (nSPS) is 26.0. The molecule has 2 heterocycles. The third-order valence-corrected chi connectivity index (χ3v) is 9.96. The highest BCUT2D eigenvalue weighted by atomic mass is 35.5. The van der Waals surface area contributed by atoms with Crippen molar-refractivity contribution in [2.75, 3.05) is 26.2 Å². The predicted molar refractivity (Wildman–Crippen MR) is 203 cm³/mol. The summed E-state index contributed by atoms with van der Waals surface area (Å²) in [7, 11) is 0. The second kappa shape index (κ2) is 22.6. The van der Waals surface area contributed by atoms with E-state index in [0.29, 0.717) is 38.8 Å². The van der Waals surface area contributed by atoms with Gasteiger partial charge in [0.15, 0.2) is 0 Å². The van der Waals surface area contributed by atoms with Gasteiger partial charge in [-0.05, 0) is 59.2 Å². The number of rotatable bonds is 13. The van der Waals surface area contributed by atoms with Crippen LogP contribution < -0.4 is 11.1 Å². The van der Waals surface area contributed by atoms with Gasteiger partial charge in [0, 0.05) is 46.1 Å². The van der Waals surface area contributed by atoms with Crippen LogP contribution >= 0.6 is 11.6 Å². The third-order valence-electron chi connectivity index (χ3n) is 9.96. The van der Waals surface area contributed by atoms with E-state index in [-0.39, 0.29) is 58.9 Å². The van der Waals surface area contributed by atoms with E-state index in [1.54, 1.807) is 0 Å². The molecule has 284 valence electrons. The third kappa shape index (κ3) is 13.3. The zero-order chi connectivity index (χ0) is 38.1. The maximum absolute atomic E-state index is 13.0. The number of nitrogens with two attached hydrogens (primary N) is 1. The Hall–Kier alpha value is -3.31. The van der Waals surface area contributed by atoms with E-state index in [2.05, 4.69) is 58.5 Å². The zero-order valence-corrected chi connectivity index (χ0v) is 32.6. The maximum Gasteiger partial charge on any atom is 0.252 e. The fraction of sp³-hybridized carbons (Fsp3) is 0.600. The van der Waals surface area contributed by atoms with Crippen LogP contribution in [0.25, 0.3) is 0 Å². The number of halogens is 1. The Bertz CT molecular complexity index is 1340. The molecule has 2 fully saturated rings. The molecule has 3 amide bonds. The number of amides is 3. The molecule has 2 saturated heterocycles. The Morgan fingerprint density at radius 2 is 1.08 bits per heavy atom. The summed E-state index contributed by atoms with van der Waals surface area (Å²) < 4.78 is 12.0. The van der Waals surface area contributed by atoms with Gasteiger partial charge < -0.3 is 30.3 Å². The topological polar surface area (TPSA) is 131 Å². The van der Waals surface area contributed by atoms with Crippen LogP contribution in [0, 0.1) is 23.7 Å². The molecule has 2 aliphatic heterocycles. The number of carbonyl (C=O) groups excluding carboxylic acids is 4. The second-order valence-corrected chi connectivity index (χ2v) is 14.2. The van der Waals surface area contributed by atoms with Crippen LogP contribution in [0.5, 0.6) is 0 Å². The van der Waals surface area contributed by atoms with E-state index in [1.807, 2.05) is 70.5 Å². The van der Waals surface area contributed by atoms with Gasteiger partial charge in [0.1, 0.15) is 12.2 Å². The van der Waals surface area contributed by atoms with Gasteiger partial charge >= 0.3 is 0 Å². The summed E-state index contributed by atoms with van der Waals surface area (Å²) in [6.07, 6.45) is 1.02. The molecule has 2 aromatic carbocycles. The van der Waals surface area contributed by atoms with Crippen molar-refractivity contribution in [2.45, 2.75) is 106 Å². The van der Waals surface area contributed by atoms with Crippen LogP contribution in [0.1, 0.15) is 79.4 Å². The van der Waals surface area contributed by atoms with E-state index < -0.39 is 6.10 Å². The molecule has 8 atom stereocenters. The van der Waals surface area contributed by atoms with Gasteiger partial charge in [-0.2, -0.15) is 0 Å². The van der Waals surface area contributed by atoms with Crippen LogP contribution in [0.15, 0.2) is 60.7 Å². The number of nitrogens with zero attached hydrogens (tertiary/aromatic N) is 2. The smallest absolute Gasteiger partial charge is 0.252 e. The molecule has 3 N–H and O–H groups in total. The van der Waals surface area contributed by atoms with Crippen molar-refractivity contribution in [1.82, 2.24) is 15.1 Å². The van der Waals surface area contributed by atoms with Crippen LogP contribution in [0.3, 0.4) is 0 Å². The van der Waals surface area contributed by atoms with Crippen molar-refractivity contribution in [2.24, 2.45) is 29.4 Å². The largest absolute Gasteiger partial charge is 0.363 e. The number of nitrogens with one attached hydrogen (secondary N) is 1. The summed E-state index contributed by atoms with van der Waals surface area (Å²) in [5.41, 5.74) is 8.08. The van der Waals surface area contributed by atoms with Crippen molar-refractivity contribution in [3.63, 3.8) is 0 Å². The summed E-state index contributed by atoms with van der Waals surface area (Å²) in [5.74, 6) is 0.941. The molecule has 4 rings (SSSR count). The minimum Gasteiger partial charge on any atom is -0.363 e. The highest BCUT2D eigenvalue weighted by Gasteiger charge is 2.45. The number of hydrogen-bond acceptors (Lipinski definition) is 7. The number of carbonyl (C=O) groups is 4. The molecule has 2 aromatic rings. The molecule has 0 aromatic heterocycles. The average Bonchev–Trinajstić information content (AvgIpc) is 3.10. The fourth-order valence-corrected chi connectivity index (χ4v) is 6.81. The Labute approximate surface area is 310 Å². The van der Waals surface area contributed by atoms with E-state index in [4.69, 9.17) is 15.2 Å². The summed E-state index contributed by atoms with van der Waals surface area (Å²) in [6.45, 7) is 18.8. The lowest BCUT2D eigenvalue weighted by molar-refractivity contribution is -0.164. The van der Waals surface area contributed by atoms with Crippen LogP contribution in [-0.2, 0) is 41.9 Å². The van der Waals surface area contributed by atoms with Crippen molar-refractivity contribution < 1.29 is 28.7 Å². The molecule has 51 heavy (non-hydrogen) atoms. The van der Waals surface area contributed by atoms with Crippen molar-refractivity contribution >= 4 is 34.6 Å².